The van der Waals surface area contributed by atoms with E-state index >= 15 is 0 Å². The van der Waals surface area contributed by atoms with Crippen LogP contribution in [0.15, 0.2) is 32.8 Å². The molecule has 4 rings (SSSR count). The van der Waals surface area contributed by atoms with Crippen molar-refractivity contribution in [3.8, 4) is 0 Å². The average molecular weight is 391 g/mol. The maximum atomic E-state index is 12.7. The standard InChI is InChI=1S/C16H11BrN2OS2/c1-8-5-11-12(6-9(8)2)19-15(20)13(22-16(19)18-11)7-10-3-4-14(17)21-10/h3-7H,1-2H3/b13-7-. The van der Waals surface area contributed by atoms with Gasteiger partial charge in [-0.25, -0.2) is 9.38 Å². The maximum absolute atomic E-state index is 12.7. The third-order valence-electron chi connectivity index (χ3n) is 3.72. The summed E-state index contributed by atoms with van der Waals surface area (Å²) < 4.78 is 3.50. The lowest BCUT2D eigenvalue weighted by Crippen LogP contribution is -2.22. The zero-order chi connectivity index (χ0) is 15.4. The first kappa shape index (κ1) is 14.1. The highest BCUT2D eigenvalue weighted by Gasteiger charge is 2.12. The molecule has 3 aromatic heterocycles. The summed E-state index contributed by atoms with van der Waals surface area (Å²) in [6, 6.07) is 8.08. The van der Waals surface area contributed by atoms with Crippen LogP contribution in [0, 0.1) is 13.8 Å². The van der Waals surface area contributed by atoms with E-state index in [4.69, 9.17) is 0 Å². The maximum Gasteiger partial charge on any atom is 0.274 e. The lowest BCUT2D eigenvalue weighted by atomic mass is 10.1. The fourth-order valence-electron chi connectivity index (χ4n) is 2.45. The molecule has 1 aromatic carbocycles. The second-order valence-corrected chi connectivity index (χ2v) is 8.72. The first-order valence-corrected chi connectivity index (χ1v) is 9.15. The van der Waals surface area contributed by atoms with Crippen molar-refractivity contribution in [1.29, 1.82) is 0 Å². The Labute approximate surface area is 142 Å². The second-order valence-electron chi connectivity index (χ2n) is 5.21. The average Bonchev–Trinajstić information content (AvgIpc) is 3.09. The summed E-state index contributed by atoms with van der Waals surface area (Å²) in [4.78, 5) is 19.1. The largest absolute Gasteiger partial charge is 0.274 e. The molecule has 0 bridgehead atoms. The van der Waals surface area contributed by atoms with Crippen LogP contribution >= 0.6 is 38.6 Å². The molecule has 110 valence electrons. The van der Waals surface area contributed by atoms with E-state index in [0.29, 0.717) is 0 Å². The van der Waals surface area contributed by atoms with Crippen LogP contribution in [0.5, 0.6) is 0 Å². The summed E-state index contributed by atoms with van der Waals surface area (Å²) in [5.74, 6) is 0. The van der Waals surface area contributed by atoms with Crippen LogP contribution in [0.25, 0.3) is 22.1 Å². The van der Waals surface area contributed by atoms with E-state index in [-0.39, 0.29) is 5.56 Å². The van der Waals surface area contributed by atoms with Gasteiger partial charge in [-0.05, 0) is 71.2 Å². The lowest BCUT2D eigenvalue weighted by molar-refractivity contribution is 1.18. The summed E-state index contributed by atoms with van der Waals surface area (Å²) in [5, 5.41) is 0. The number of fused-ring (bicyclic) bond motifs is 3. The van der Waals surface area contributed by atoms with Crippen molar-refractivity contribution >= 4 is 60.7 Å². The predicted octanol–water partition coefficient (Wildman–Crippen LogP) is 3.90. The van der Waals surface area contributed by atoms with Gasteiger partial charge in [0, 0.05) is 4.88 Å². The highest BCUT2D eigenvalue weighted by molar-refractivity contribution is 9.11. The van der Waals surface area contributed by atoms with Gasteiger partial charge in [0.1, 0.15) is 0 Å². The lowest BCUT2D eigenvalue weighted by Gasteiger charge is -1.98. The molecule has 3 nitrogen and oxygen atoms in total. The van der Waals surface area contributed by atoms with E-state index in [9.17, 15) is 4.79 Å². The van der Waals surface area contributed by atoms with Crippen LogP contribution < -0.4 is 10.1 Å². The molecule has 3 heterocycles. The molecule has 0 fully saturated rings. The molecule has 0 spiro atoms. The normalized spacial score (nSPS) is 12.8. The molecule has 6 heteroatoms. The Bertz CT molecular complexity index is 1140. The molecule has 22 heavy (non-hydrogen) atoms. The summed E-state index contributed by atoms with van der Waals surface area (Å²) >= 11 is 6.50. The van der Waals surface area contributed by atoms with E-state index < -0.39 is 0 Å². The van der Waals surface area contributed by atoms with Crippen LogP contribution in [0.3, 0.4) is 0 Å². The Morgan fingerprint density at radius 1 is 1.18 bits per heavy atom. The number of aryl methyl sites for hydroxylation is 2. The minimum Gasteiger partial charge on any atom is -0.267 e. The van der Waals surface area contributed by atoms with Gasteiger partial charge < -0.3 is 0 Å². The molecule has 0 aliphatic carbocycles. The van der Waals surface area contributed by atoms with Gasteiger partial charge in [-0.3, -0.25) is 4.79 Å². The third-order valence-corrected chi connectivity index (χ3v) is 6.26. The molecule has 4 aromatic rings. The summed E-state index contributed by atoms with van der Waals surface area (Å²) in [5.41, 5.74) is 4.16. The molecule has 0 aliphatic rings. The molecule has 0 unspecified atom stereocenters. The number of rotatable bonds is 1. The fourth-order valence-corrected chi connectivity index (χ4v) is 4.87. The van der Waals surface area contributed by atoms with Crippen molar-refractivity contribution in [3.05, 3.63) is 58.9 Å². The Morgan fingerprint density at radius 3 is 2.68 bits per heavy atom. The number of benzene rings is 1. The van der Waals surface area contributed by atoms with Crippen LogP contribution in [0.2, 0.25) is 0 Å². The zero-order valence-electron chi connectivity index (χ0n) is 11.9. The van der Waals surface area contributed by atoms with Crippen molar-refractivity contribution in [3.63, 3.8) is 0 Å². The number of halogens is 1. The first-order valence-electron chi connectivity index (χ1n) is 6.72. The molecule has 0 saturated heterocycles. The highest BCUT2D eigenvalue weighted by Crippen LogP contribution is 2.23. The SMILES string of the molecule is Cc1cc2nc3s/c(=C\c4ccc(Br)s4)c(=O)n3c2cc1C. The highest BCUT2D eigenvalue weighted by atomic mass is 79.9. The van der Waals surface area contributed by atoms with Gasteiger partial charge in [0.05, 0.1) is 19.4 Å². The van der Waals surface area contributed by atoms with Crippen molar-refractivity contribution in [2.75, 3.05) is 0 Å². The fraction of sp³-hybridized carbons (Fsp3) is 0.125. The number of nitrogens with zero attached hydrogens (tertiary/aromatic N) is 2. The van der Waals surface area contributed by atoms with Crippen LogP contribution in [0.4, 0.5) is 0 Å². The molecule has 0 atom stereocenters. The topological polar surface area (TPSA) is 34.4 Å². The summed E-state index contributed by atoms with van der Waals surface area (Å²) in [6.07, 6.45) is 1.93. The second kappa shape index (κ2) is 5.01. The van der Waals surface area contributed by atoms with Gasteiger partial charge in [-0.2, -0.15) is 0 Å². The zero-order valence-corrected chi connectivity index (χ0v) is 15.1. The Hall–Kier alpha value is -1.50. The van der Waals surface area contributed by atoms with E-state index in [0.717, 1.165) is 29.2 Å². The quantitative estimate of drug-likeness (QED) is 0.493. The number of aromatic nitrogens is 2. The number of thiazole rings is 1. The molecule has 0 amide bonds. The van der Waals surface area contributed by atoms with Crippen molar-refractivity contribution in [2.45, 2.75) is 13.8 Å². The van der Waals surface area contributed by atoms with Crippen molar-refractivity contribution < 1.29 is 0 Å². The smallest absolute Gasteiger partial charge is 0.267 e. The monoisotopic (exact) mass is 390 g/mol. The van der Waals surface area contributed by atoms with E-state index in [2.05, 4.69) is 34.8 Å². The van der Waals surface area contributed by atoms with Gasteiger partial charge in [0.2, 0.25) is 0 Å². The molecule has 0 saturated carbocycles. The van der Waals surface area contributed by atoms with Crippen molar-refractivity contribution in [1.82, 2.24) is 9.38 Å². The first-order chi connectivity index (χ1) is 10.5. The van der Waals surface area contributed by atoms with Gasteiger partial charge in [-0.1, -0.05) is 11.3 Å². The summed E-state index contributed by atoms with van der Waals surface area (Å²) in [6.45, 7) is 4.12. The Morgan fingerprint density at radius 2 is 1.95 bits per heavy atom. The summed E-state index contributed by atoms with van der Waals surface area (Å²) in [7, 11) is 0. The van der Waals surface area contributed by atoms with Gasteiger partial charge in [0.15, 0.2) is 4.96 Å². The van der Waals surface area contributed by atoms with Crippen LogP contribution in [-0.4, -0.2) is 9.38 Å². The molecule has 0 N–H and O–H groups in total. The number of thiophene rings is 1. The van der Waals surface area contributed by atoms with Gasteiger partial charge >= 0.3 is 0 Å². The van der Waals surface area contributed by atoms with E-state index in [1.165, 1.54) is 22.5 Å². The minimum atomic E-state index is 0.00951. The molecule has 0 aliphatic heterocycles. The van der Waals surface area contributed by atoms with Gasteiger partial charge in [-0.15, -0.1) is 11.3 Å². The van der Waals surface area contributed by atoms with Gasteiger partial charge in [0.25, 0.3) is 5.56 Å². The number of imidazole rings is 1. The Balaban J connectivity index is 2.04. The predicted molar refractivity (Wildman–Crippen MR) is 97.1 cm³/mol. The molecular weight excluding hydrogens is 380 g/mol. The number of hydrogen-bond donors (Lipinski definition) is 0. The number of hydrogen-bond acceptors (Lipinski definition) is 4. The van der Waals surface area contributed by atoms with E-state index in [1.807, 2.05) is 30.3 Å². The minimum absolute atomic E-state index is 0.00951. The molecule has 0 radical (unpaired) electrons. The molecular formula is C16H11BrN2OS2. The van der Waals surface area contributed by atoms with E-state index in [1.54, 1.807) is 15.7 Å². The van der Waals surface area contributed by atoms with Crippen LogP contribution in [0.1, 0.15) is 16.0 Å². The third kappa shape index (κ3) is 2.14. The van der Waals surface area contributed by atoms with Crippen LogP contribution in [-0.2, 0) is 0 Å². The van der Waals surface area contributed by atoms with Crippen molar-refractivity contribution in [2.24, 2.45) is 0 Å². The Kier molecular flexibility index (Phi) is 3.21.